The van der Waals surface area contributed by atoms with Crippen molar-refractivity contribution in [2.45, 2.75) is 56.1 Å². The smallest absolute Gasteiger partial charge is 0.262 e. The molecule has 4 nitrogen and oxygen atoms in total. The fourth-order valence-corrected chi connectivity index (χ4v) is 4.21. The zero-order valence-electron chi connectivity index (χ0n) is 13.2. The highest BCUT2D eigenvalue weighted by Gasteiger charge is 2.21. The van der Waals surface area contributed by atoms with E-state index in [1.165, 1.54) is 19.3 Å². The normalized spacial score (nSPS) is 15.6. The zero-order valence-corrected chi connectivity index (χ0v) is 14.0. The maximum atomic E-state index is 13.0. The Hall–Kier alpha value is -1.80. The molecule has 0 radical (unpaired) electrons. The van der Waals surface area contributed by atoms with Gasteiger partial charge in [-0.15, -0.1) is 0 Å². The number of fused-ring (bicyclic) bond motifs is 1. The van der Waals surface area contributed by atoms with E-state index in [0.29, 0.717) is 11.8 Å². The van der Waals surface area contributed by atoms with Gasteiger partial charge in [0.15, 0.2) is 5.16 Å². The summed E-state index contributed by atoms with van der Waals surface area (Å²) >= 11 is 1.61. The second-order valence-electron chi connectivity index (χ2n) is 5.99. The molecule has 1 heterocycles. The third kappa shape index (κ3) is 3.59. The molecule has 1 aromatic heterocycles. The summed E-state index contributed by atoms with van der Waals surface area (Å²) in [4.78, 5) is 17.7. The minimum atomic E-state index is 0.0882. The Kier molecular flexibility index (Phi) is 5.35. The van der Waals surface area contributed by atoms with Crippen LogP contribution in [-0.4, -0.2) is 15.3 Å². The molecule has 0 spiro atoms. The lowest BCUT2D eigenvalue weighted by atomic mass is 9.95. The molecule has 0 atom stereocenters. The topological polar surface area (TPSA) is 58.7 Å². The Bertz CT molecular complexity index is 772. The van der Waals surface area contributed by atoms with Crippen molar-refractivity contribution in [2.75, 3.05) is 5.75 Å². The van der Waals surface area contributed by atoms with Crippen LogP contribution in [0.5, 0.6) is 0 Å². The minimum Gasteiger partial charge on any atom is -0.284 e. The molecule has 1 fully saturated rings. The molecule has 1 aromatic carbocycles. The molecule has 1 saturated carbocycles. The van der Waals surface area contributed by atoms with Crippen LogP contribution in [0.1, 0.15) is 51.0 Å². The maximum absolute atomic E-state index is 13.0. The van der Waals surface area contributed by atoms with Gasteiger partial charge < -0.3 is 0 Å². The highest BCUT2D eigenvalue weighted by atomic mass is 32.2. The molecule has 1 aliphatic rings. The Morgan fingerprint density at radius 2 is 2.04 bits per heavy atom. The largest absolute Gasteiger partial charge is 0.284 e. The summed E-state index contributed by atoms with van der Waals surface area (Å²) in [6, 6.07) is 10.0. The number of para-hydroxylation sites is 1. The Morgan fingerprint density at radius 1 is 1.26 bits per heavy atom. The van der Waals surface area contributed by atoms with Gasteiger partial charge in [0.1, 0.15) is 0 Å². The van der Waals surface area contributed by atoms with Crippen LogP contribution in [0.3, 0.4) is 0 Å². The summed E-state index contributed by atoms with van der Waals surface area (Å²) < 4.78 is 1.93. The summed E-state index contributed by atoms with van der Waals surface area (Å²) in [5, 5.41) is 10.2. The number of aromatic nitrogens is 2. The lowest BCUT2D eigenvalue weighted by Crippen LogP contribution is -2.29. The van der Waals surface area contributed by atoms with Crippen LogP contribution in [0.25, 0.3) is 10.9 Å². The lowest BCUT2D eigenvalue weighted by molar-refractivity contribution is 0.326. The first kappa shape index (κ1) is 16.1. The third-order valence-electron chi connectivity index (χ3n) is 4.38. The van der Waals surface area contributed by atoms with Crippen LogP contribution in [0, 0.1) is 11.3 Å². The van der Waals surface area contributed by atoms with Crippen molar-refractivity contribution in [3.63, 3.8) is 0 Å². The van der Waals surface area contributed by atoms with E-state index in [1.807, 2.05) is 28.8 Å². The SMILES string of the molecule is N#CCCCSc1nc2ccccc2c(=O)n1C1CCCCC1. The molecule has 0 amide bonds. The number of hydrogen-bond donors (Lipinski definition) is 0. The lowest BCUT2D eigenvalue weighted by Gasteiger charge is -2.26. The van der Waals surface area contributed by atoms with E-state index in [-0.39, 0.29) is 11.6 Å². The number of thioether (sulfide) groups is 1. The van der Waals surface area contributed by atoms with Gasteiger partial charge in [-0.05, 0) is 31.4 Å². The Morgan fingerprint density at radius 3 is 2.83 bits per heavy atom. The highest BCUT2D eigenvalue weighted by molar-refractivity contribution is 7.99. The van der Waals surface area contributed by atoms with E-state index < -0.39 is 0 Å². The number of nitriles is 1. The minimum absolute atomic E-state index is 0.0882. The van der Waals surface area contributed by atoms with Crippen molar-refractivity contribution in [3.8, 4) is 6.07 Å². The van der Waals surface area contributed by atoms with Gasteiger partial charge in [0.2, 0.25) is 0 Å². The molecular formula is C18H21N3OS. The fraction of sp³-hybridized carbons (Fsp3) is 0.500. The van der Waals surface area contributed by atoms with Gasteiger partial charge in [0.05, 0.1) is 17.0 Å². The molecule has 3 rings (SSSR count). The molecule has 0 N–H and O–H groups in total. The Balaban J connectivity index is 2.00. The van der Waals surface area contributed by atoms with Gasteiger partial charge in [0.25, 0.3) is 5.56 Å². The van der Waals surface area contributed by atoms with Crippen LogP contribution >= 0.6 is 11.8 Å². The number of nitrogens with zero attached hydrogens (tertiary/aromatic N) is 3. The number of unbranched alkanes of at least 4 members (excludes halogenated alkanes) is 1. The zero-order chi connectivity index (χ0) is 16.1. The monoisotopic (exact) mass is 327 g/mol. The van der Waals surface area contributed by atoms with Crippen LogP contribution in [0.4, 0.5) is 0 Å². The van der Waals surface area contributed by atoms with Crippen molar-refractivity contribution in [1.82, 2.24) is 9.55 Å². The first-order chi connectivity index (χ1) is 11.3. The summed E-state index contributed by atoms with van der Waals surface area (Å²) in [7, 11) is 0. The predicted molar refractivity (Wildman–Crippen MR) is 93.7 cm³/mol. The molecule has 5 heteroatoms. The molecule has 2 aromatic rings. The van der Waals surface area contributed by atoms with E-state index in [4.69, 9.17) is 10.2 Å². The number of benzene rings is 1. The average molecular weight is 327 g/mol. The van der Waals surface area contributed by atoms with E-state index in [0.717, 1.165) is 35.7 Å². The number of hydrogen-bond acceptors (Lipinski definition) is 4. The van der Waals surface area contributed by atoms with Crippen molar-refractivity contribution in [2.24, 2.45) is 0 Å². The van der Waals surface area contributed by atoms with Crippen molar-refractivity contribution < 1.29 is 0 Å². The first-order valence-electron chi connectivity index (χ1n) is 8.32. The molecule has 1 aliphatic carbocycles. The molecule has 0 unspecified atom stereocenters. The maximum Gasteiger partial charge on any atom is 0.262 e. The molecule has 0 aliphatic heterocycles. The first-order valence-corrected chi connectivity index (χ1v) is 9.31. The van der Waals surface area contributed by atoms with Gasteiger partial charge in [0, 0.05) is 18.2 Å². The van der Waals surface area contributed by atoms with Crippen LogP contribution in [0.15, 0.2) is 34.2 Å². The van der Waals surface area contributed by atoms with Crippen molar-refractivity contribution in [3.05, 3.63) is 34.6 Å². The van der Waals surface area contributed by atoms with E-state index in [9.17, 15) is 4.79 Å². The molecular weight excluding hydrogens is 306 g/mol. The summed E-state index contributed by atoms with van der Waals surface area (Å²) in [6.07, 6.45) is 7.13. The summed E-state index contributed by atoms with van der Waals surface area (Å²) in [5.74, 6) is 0.824. The van der Waals surface area contributed by atoms with E-state index in [2.05, 4.69) is 6.07 Å². The van der Waals surface area contributed by atoms with Gasteiger partial charge in [-0.2, -0.15) is 5.26 Å². The second-order valence-corrected chi connectivity index (χ2v) is 7.05. The predicted octanol–water partition coefficient (Wildman–Crippen LogP) is 4.30. The second kappa shape index (κ2) is 7.65. The standard InChI is InChI=1S/C18H21N3OS/c19-12-6-7-13-23-18-20-16-11-5-4-10-15(16)17(22)21(18)14-8-2-1-3-9-14/h4-5,10-11,14H,1-3,6-9,13H2. The quantitative estimate of drug-likeness (QED) is 0.467. The van der Waals surface area contributed by atoms with E-state index >= 15 is 0 Å². The fourth-order valence-electron chi connectivity index (χ4n) is 3.20. The summed E-state index contributed by atoms with van der Waals surface area (Å²) in [5.41, 5.74) is 0.859. The highest BCUT2D eigenvalue weighted by Crippen LogP contribution is 2.31. The van der Waals surface area contributed by atoms with Crippen molar-refractivity contribution in [1.29, 1.82) is 5.26 Å². The number of rotatable bonds is 5. The average Bonchev–Trinajstić information content (AvgIpc) is 2.60. The van der Waals surface area contributed by atoms with Crippen LogP contribution < -0.4 is 5.56 Å². The van der Waals surface area contributed by atoms with Gasteiger partial charge in [-0.3, -0.25) is 9.36 Å². The van der Waals surface area contributed by atoms with Crippen LogP contribution in [0.2, 0.25) is 0 Å². The molecule has 120 valence electrons. The molecule has 23 heavy (non-hydrogen) atoms. The Labute approximate surface area is 140 Å². The van der Waals surface area contributed by atoms with Crippen LogP contribution in [-0.2, 0) is 0 Å². The van der Waals surface area contributed by atoms with E-state index in [1.54, 1.807) is 11.8 Å². The third-order valence-corrected chi connectivity index (χ3v) is 5.42. The van der Waals surface area contributed by atoms with Crippen molar-refractivity contribution >= 4 is 22.7 Å². The van der Waals surface area contributed by atoms with Gasteiger partial charge >= 0.3 is 0 Å². The molecule has 0 saturated heterocycles. The molecule has 0 bridgehead atoms. The van der Waals surface area contributed by atoms with Gasteiger partial charge in [-0.25, -0.2) is 4.98 Å². The van der Waals surface area contributed by atoms with Gasteiger partial charge in [-0.1, -0.05) is 43.2 Å². The summed E-state index contributed by atoms with van der Waals surface area (Å²) in [6.45, 7) is 0.